The Kier molecular flexibility index (Phi) is 6.68. The molecule has 5 heteroatoms. The number of nitrogens with one attached hydrogen (secondary N) is 1. The third-order valence-corrected chi connectivity index (χ3v) is 4.58. The van der Waals surface area contributed by atoms with Crippen molar-refractivity contribution in [1.29, 1.82) is 0 Å². The minimum Gasteiger partial charge on any atom is -0.215 e. The number of hydrogen-bond donors (Lipinski definition) is 1. The molecular weight excluding hydrogens is 270 g/mol. The first-order valence-electron chi connectivity index (χ1n) is 6.26. The SMILES string of the molecule is CCCS(=O)(=O)NCCCCc1ccccc1Cl. The molecule has 1 rings (SSSR count). The summed E-state index contributed by atoms with van der Waals surface area (Å²) in [4.78, 5) is 0. The number of hydrogen-bond acceptors (Lipinski definition) is 2. The summed E-state index contributed by atoms with van der Waals surface area (Å²) in [5.41, 5.74) is 1.12. The van der Waals surface area contributed by atoms with Crippen LogP contribution in [0.3, 0.4) is 0 Å². The van der Waals surface area contributed by atoms with E-state index in [0.29, 0.717) is 13.0 Å². The summed E-state index contributed by atoms with van der Waals surface area (Å²) < 4.78 is 25.4. The lowest BCUT2D eigenvalue weighted by Gasteiger charge is -2.06. The number of unbranched alkanes of at least 4 members (excludes halogenated alkanes) is 1. The van der Waals surface area contributed by atoms with E-state index >= 15 is 0 Å². The summed E-state index contributed by atoms with van der Waals surface area (Å²) in [7, 11) is -3.06. The van der Waals surface area contributed by atoms with Crippen LogP contribution in [0.15, 0.2) is 24.3 Å². The Balaban J connectivity index is 2.22. The van der Waals surface area contributed by atoms with Crippen LogP contribution in [-0.4, -0.2) is 20.7 Å². The number of rotatable bonds is 8. The van der Waals surface area contributed by atoms with Gasteiger partial charge in [0.25, 0.3) is 0 Å². The molecule has 1 N–H and O–H groups in total. The molecule has 18 heavy (non-hydrogen) atoms. The Hall–Kier alpha value is -0.580. The molecule has 102 valence electrons. The largest absolute Gasteiger partial charge is 0.215 e. The van der Waals surface area contributed by atoms with E-state index in [1.165, 1.54) is 0 Å². The molecule has 0 aliphatic heterocycles. The zero-order chi connectivity index (χ0) is 13.4. The van der Waals surface area contributed by atoms with E-state index in [-0.39, 0.29) is 5.75 Å². The fourth-order valence-corrected chi connectivity index (χ4v) is 3.08. The van der Waals surface area contributed by atoms with E-state index in [1.54, 1.807) is 0 Å². The summed E-state index contributed by atoms with van der Waals surface area (Å²) in [5, 5.41) is 0.782. The molecule has 3 nitrogen and oxygen atoms in total. The summed E-state index contributed by atoms with van der Waals surface area (Å²) >= 11 is 6.04. The van der Waals surface area contributed by atoms with Crippen molar-refractivity contribution in [2.45, 2.75) is 32.6 Å². The van der Waals surface area contributed by atoms with Crippen LogP contribution in [0.5, 0.6) is 0 Å². The number of sulfonamides is 1. The third-order valence-electron chi connectivity index (χ3n) is 2.63. The lowest BCUT2D eigenvalue weighted by Crippen LogP contribution is -2.27. The highest BCUT2D eigenvalue weighted by Crippen LogP contribution is 2.16. The first-order valence-corrected chi connectivity index (χ1v) is 8.29. The average Bonchev–Trinajstić information content (AvgIpc) is 2.31. The maximum atomic E-state index is 11.4. The number of halogens is 1. The predicted octanol–water partition coefficient (Wildman–Crippen LogP) is 2.99. The van der Waals surface area contributed by atoms with Gasteiger partial charge in [-0.25, -0.2) is 13.1 Å². The van der Waals surface area contributed by atoms with Crippen LogP contribution in [0.1, 0.15) is 31.7 Å². The summed E-state index contributed by atoms with van der Waals surface area (Å²) in [6.45, 7) is 2.36. The predicted molar refractivity (Wildman–Crippen MR) is 76.5 cm³/mol. The highest BCUT2D eigenvalue weighted by atomic mass is 35.5. The van der Waals surface area contributed by atoms with Crippen molar-refractivity contribution < 1.29 is 8.42 Å². The molecule has 0 heterocycles. The molecule has 0 aliphatic rings. The Bertz CT molecular complexity index is 460. The molecule has 0 bridgehead atoms. The van der Waals surface area contributed by atoms with E-state index in [0.717, 1.165) is 29.8 Å². The van der Waals surface area contributed by atoms with Crippen LogP contribution >= 0.6 is 11.6 Å². The van der Waals surface area contributed by atoms with Gasteiger partial charge >= 0.3 is 0 Å². The Morgan fingerprint density at radius 2 is 1.94 bits per heavy atom. The molecule has 0 atom stereocenters. The van der Waals surface area contributed by atoms with Crippen molar-refractivity contribution in [3.05, 3.63) is 34.9 Å². The second-order valence-electron chi connectivity index (χ2n) is 4.26. The van der Waals surface area contributed by atoms with Gasteiger partial charge in [-0.15, -0.1) is 0 Å². The highest BCUT2D eigenvalue weighted by Gasteiger charge is 2.06. The molecule has 0 saturated carbocycles. The first kappa shape index (κ1) is 15.5. The van der Waals surface area contributed by atoms with Gasteiger partial charge in [-0.3, -0.25) is 0 Å². The van der Waals surface area contributed by atoms with Gasteiger partial charge in [0.15, 0.2) is 0 Å². The Morgan fingerprint density at radius 1 is 1.22 bits per heavy atom. The molecule has 0 unspecified atom stereocenters. The van der Waals surface area contributed by atoms with Gasteiger partial charge in [-0.05, 0) is 37.3 Å². The standard InChI is InChI=1S/C13H20ClNO2S/c1-2-11-18(16,17)15-10-6-5-8-12-7-3-4-9-13(12)14/h3-4,7,9,15H,2,5-6,8,10-11H2,1H3. The third kappa shape index (κ3) is 5.85. The fraction of sp³-hybridized carbons (Fsp3) is 0.538. The van der Waals surface area contributed by atoms with Crippen LogP contribution in [-0.2, 0) is 16.4 Å². The number of aryl methyl sites for hydroxylation is 1. The molecule has 0 spiro atoms. The van der Waals surface area contributed by atoms with Crippen molar-refractivity contribution in [2.75, 3.05) is 12.3 Å². The van der Waals surface area contributed by atoms with Gasteiger partial charge in [-0.2, -0.15) is 0 Å². The minimum absolute atomic E-state index is 0.206. The first-order chi connectivity index (χ1) is 8.55. The van der Waals surface area contributed by atoms with Crippen LogP contribution in [0.2, 0.25) is 5.02 Å². The lowest BCUT2D eigenvalue weighted by molar-refractivity contribution is 0.575. The van der Waals surface area contributed by atoms with Crippen molar-refractivity contribution in [3.63, 3.8) is 0 Å². The molecule has 0 fully saturated rings. The van der Waals surface area contributed by atoms with Crippen LogP contribution in [0.4, 0.5) is 0 Å². The van der Waals surface area contributed by atoms with Crippen LogP contribution in [0.25, 0.3) is 0 Å². The molecule has 0 saturated heterocycles. The second-order valence-corrected chi connectivity index (χ2v) is 6.60. The molecule has 0 aliphatic carbocycles. The van der Waals surface area contributed by atoms with Gasteiger partial charge in [0.1, 0.15) is 0 Å². The Morgan fingerprint density at radius 3 is 2.61 bits per heavy atom. The monoisotopic (exact) mass is 289 g/mol. The van der Waals surface area contributed by atoms with Gasteiger partial charge in [-0.1, -0.05) is 36.7 Å². The van der Waals surface area contributed by atoms with E-state index in [9.17, 15) is 8.42 Å². The molecule has 0 aromatic heterocycles. The van der Waals surface area contributed by atoms with Crippen LogP contribution in [0, 0.1) is 0 Å². The van der Waals surface area contributed by atoms with E-state index in [1.807, 2.05) is 31.2 Å². The average molecular weight is 290 g/mol. The highest BCUT2D eigenvalue weighted by molar-refractivity contribution is 7.89. The van der Waals surface area contributed by atoms with Gasteiger partial charge in [0.05, 0.1) is 5.75 Å². The molecule has 0 amide bonds. The van der Waals surface area contributed by atoms with Crippen molar-refractivity contribution >= 4 is 21.6 Å². The quantitative estimate of drug-likeness (QED) is 0.748. The van der Waals surface area contributed by atoms with E-state index in [2.05, 4.69) is 4.72 Å². The van der Waals surface area contributed by atoms with Crippen molar-refractivity contribution in [1.82, 2.24) is 4.72 Å². The Labute approximate surface area is 115 Å². The smallest absolute Gasteiger partial charge is 0.211 e. The topological polar surface area (TPSA) is 46.2 Å². The maximum absolute atomic E-state index is 11.4. The molecular formula is C13H20ClNO2S. The van der Waals surface area contributed by atoms with Crippen molar-refractivity contribution in [3.8, 4) is 0 Å². The van der Waals surface area contributed by atoms with E-state index < -0.39 is 10.0 Å². The molecule has 0 radical (unpaired) electrons. The van der Waals surface area contributed by atoms with Crippen LogP contribution < -0.4 is 4.72 Å². The number of benzene rings is 1. The summed E-state index contributed by atoms with van der Waals surface area (Å²) in [6.07, 6.45) is 3.29. The summed E-state index contributed by atoms with van der Waals surface area (Å²) in [5.74, 6) is 0.206. The van der Waals surface area contributed by atoms with Gasteiger partial charge in [0.2, 0.25) is 10.0 Å². The van der Waals surface area contributed by atoms with Crippen molar-refractivity contribution in [2.24, 2.45) is 0 Å². The lowest BCUT2D eigenvalue weighted by atomic mass is 10.1. The van der Waals surface area contributed by atoms with Gasteiger partial charge < -0.3 is 0 Å². The summed E-state index contributed by atoms with van der Waals surface area (Å²) in [6, 6.07) is 7.75. The zero-order valence-corrected chi connectivity index (χ0v) is 12.2. The van der Waals surface area contributed by atoms with Gasteiger partial charge in [0, 0.05) is 11.6 Å². The maximum Gasteiger partial charge on any atom is 0.211 e. The normalized spacial score (nSPS) is 11.7. The zero-order valence-electron chi connectivity index (χ0n) is 10.7. The molecule has 1 aromatic carbocycles. The second kappa shape index (κ2) is 7.77. The fourth-order valence-electron chi connectivity index (χ4n) is 1.71. The van der Waals surface area contributed by atoms with E-state index in [4.69, 9.17) is 11.6 Å². The molecule has 1 aromatic rings. The minimum atomic E-state index is -3.06.